The maximum absolute atomic E-state index is 13.2. The van der Waals surface area contributed by atoms with E-state index in [0.29, 0.717) is 42.8 Å². The minimum atomic E-state index is -4.39. The molecular weight excluding hydrogens is 519 g/mol. The normalized spacial score (nSPS) is 20.3. The number of nitrogens with zero attached hydrogens (tertiary/aromatic N) is 4. The van der Waals surface area contributed by atoms with Gasteiger partial charge in [-0.05, 0) is 69.5 Å². The van der Waals surface area contributed by atoms with Crippen LogP contribution >= 0.6 is 0 Å². The Labute approximate surface area is 220 Å². The molecule has 1 fully saturated rings. The summed E-state index contributed by atoms with van der Waals surface area (Å²) < 4.78 is 74.3. The average molecular weight is 550 g/mol. The number of sulfonamides is 1. The van der Waals surface area contributed by atoms with Gasteiger partial charge in [-0.3, -0.25) is 4.72 Å². The third kappa shape index (κ3) is 6.41. The van der Waals surface area contributed by atoms with Crippen LogP contribution in [0.3, 0.4) is 0 Å². The third-order valence-electron chi connectivity index (χ3n) is 6.73. The molecule has 0 saturated heterocycles. The molecule has 0 spiro atoms. The number of hydrogen-bond acceptors (Lipinski definition) is 7. The van der Waals surface area contributed by atoms with Gasteiger partial charge in [0.1, 0.15) is 23.1 Å². The van der Waals surface area contributed by atoms with Gasteiger partial charge < -0.3 is 9.64 Å². The summed E-state index contributed by atoms with van der Waals surface area (Å²) in [6.45, 7) is 1.80. The Bertz CT molecular complexity index is 1350. The Kier molecular flexibility index (Phi) is 8.22. The molecule has 1 aliphatic carbocycles. The van der Waals surface area contributed by atoms with Gasteiger partial charge in [0.2, 0.25) is 5.88 Å². The summed E-state index contributed by atoms with van der Waals surface area (Å²) >= 11 is 0. The van der Waals surface area contributed by atoms with Crippen LogP contribution < -0.4 is 9.46 Å². The highest BCUT2D eigenvalue weighted by Crippen LogP contribution is 2.38. The molecule has 3 aromatic rings. The summed E-state index contributed by atoms with van der Waals surface area (Å²) in [5, 5.41) is 0. The van der Waals surface area contributed by atoms with E-state index in [-0.39, 0.29) is 28.8 Å². The second-order valence-electron chi connectivity index (χ2n) is 9.47. The van der Waals surface area contributed by atoms with Crippen molar-refractivity contribution in [2.45, 2.75) is 61.7 Å². The lowest BCUT2D eigenvalue weighted by Gasteiger charge is -2.39. The molecule has 2 heterocycles. The number of hydrogen-bond donors (Lipinski definition) is 1. The number of benzene rings is 1. The predicted octanol–water partition coefficient (Wildman–Crippen LogP) is 4.90. The number of alkyl halides is 3. The van der Waals surface area contributed by atoms with E-state index in [1.807, 2.05) is 19.0 Å². The molecule has 1 aromatic carbocycles. The maximum atomic E-state index is 13.2. The number of rotatable bonds is 8. The van der Waals surface area contributed by atoms with Crippen molar-refractivity contribution >= 4 is 15.8 Å². The van der Waals surface area contributed by atoms with Crippen molar-refractivity contribution in [1.82, 2.24) is 19.9 Å². The van der Waals surface area contributed by atoms with Crippen molar-refractivity contribution in [3.8, 4) is 5.88 Å². The van der Waals surface area contributed by atoms with E-state index in [0.717, 1.165) is 6.07 Å². The van der Waals surface area contributed by atoms with Crippen LogP contribution in [-0.2, 0) is 22.6 Å². The molecule has 4 rings (SSSR count). The van der Waals surface area contributed by atoms with Gasteiger partial charge in [0, 0.05) is 18.3 Å². The fourth-order valence-corrected chi connectivity index (χ4v) is 6.06. The topological polar surface area (TPSA) is 97.3 Å². The third-order valence-corrected chi connectivity index (χ3v) is 8.16. The van der Waals surface area contributed by atoms with Crippen LogP contribution in [0.1, 0.15) is 48.9 Å². The Morgan fingerprint density at radius 2 is 1.92 bits per heavy atom. The Morgan fingerprint density at radius 3 is 2.58 bits per heavy atom. The van der Waals surface area contributed by atoms with E-state index in [2.05, 4.69) is 19.7 Å². The fourth-order valence-electron chi connectivity index (χ4n) is 4.80. The van der Waals surface area contributed by atoms with Crippen molar-refractivity contribution in [2.75, 3.05) is 18.8 Å². The minimum Gasteiger partial charge on any atom is -0.473 e. The van der Waals surface area contributed by atoms with E-state index >= 15 is 0 Å². The van der Waals surface area contributed by atoms with E-state index in [1.165, 1.54) is 42.9 Å². The molecule has 0 amide bonds. The zero-order valence-corrected chi connectivity index (χ0v) is 22.1. The predicted molar refractivity (Wildman–Crippen MR) is 136 cm³/mol. The summed E-state index contributed by atoms with van der Waals surface area (Å²) in [6, 6.07) is 9.90. The number of pyridine rings is 1. The number of nitrogens with one attached hydrogen (secondary N) is 1. The second kappa shape index (κ2) is 11.2. The van der Waals surface area contributed by atoms with Crippen molar-refractivity contribution in [3.05, 3.63) is 71.8 Å². The van der Waals surface area contributed by atoms with Crippen LogP contribution in [0.25, 0.3) is 0 Å². The molecule has 0 aliphatic heterocycles. The lowest BCUT2D eigenvalue weighted by atomic mass is 9.79. The molecule has 0 radical (unpaired) electrons. The largest absolute Gasteiger partial charge is 0.473 e. The molecule has 1 aliphatic rings. The summed E-state index contributed by atoms with van der Waals surface area (Å²) in [7, 11) is -0.106. The summed E-state index contributed by atoms with van der Waals surface area (Å²) in [5.41, 5.74) is 0.376. The van der Waals surface area contributed by atoms with E-state index in [1.54, 1.807) is 13.0 Å². The van der Waals surface area contributed by atoms with E-state index in [9.17, 15) is 21.6 Å². The molecule has 8 nitrogen and oxygen atoms in total. The van der Waals surface area contributed by atoms with E-state index in [4.69, 9.17) is 4.74 Å². The average Bonchev–Trinajstić information content (AvgIpc) is 2.88. The summed E-state index contributed by atoms with van der Waals surface area (Å²) in [4.78, 5) is 14.2. The number of ether oxygens (including phenoxy) is 1. The summed E-state index contributed by atoms with van der Waals surface area (Å²) in [6.07, 6.45) is 0.287. The molecule has 2 aromatic heterocycles. The van der Waals surface area contributed by atoms with Crippen LogP contribution in [-0.4, -0.2) is 54.5 Å². The van der Waals surface area contributed by atoms with Crippen LogP contribution in [0.5, 0.6) is 5.88 Å². The molecule has 3 atom stereocenters. The highest BCUT2D eigenvalue weighted by Gasteiger charge is 2.36. The first-order valence-electron chi connectivity index (χ1n) is 12.3. The zero-order valence-electron chi connectivity index (χ0n) is 21.3. The number of likely N-dealkylation sites (N-methyl/N-ethyl adjacent to an activating group) is 1. The first-order chi connectivity index (χ1) is 18.0. The monoisotopic (exact) mass is 549 g/mol. The number of anilines is 1. The van der Waals surface area contributed by atoms with Crippen molar-refractivity contribution in [2.24, 2.45) is 0 Å². The number of aromatic nitrogens is 3. The molecule has 12 heteroatoms. The Balaban J connectivity index is 1.51. The van der Waals surface area contributed by atoms with Gasteiger partial charge >= 0.3 is 6.18 Å². The van der Waals surface area contributed by atoms with Gasteiger partial charge in [-0.1, -0.05) is 25.1 Å². The molecule has 0 bridgehead atoms. The highest BCUT2D eigenvalue weighted by molar-refractivity contribution is 7.92. The zero-order chi connectivity index (χ0) is 27.5. The van der Waals surface area contributed by atoms with Gasteiger partial charge in [0.05, 0.1) is 11.3 Å². The molecule has 1 saturated carbocycles. The lowest BCUT2D eigenvalue weighted by Crippen LogP contribution is -2.46. The first-order valence-corrected chi connectivity index (χ1v) is 13.7. The van der Waals surface area contributed by atoms with Gasteiger partial charge in [-0.2, -0.15) is 13.2 Å². The quantitative estimate of drug-likeness (QED) is 0.427. The first kappa shape index (κ1) is 27.8. The SMILES string of the molecule is CCc1nc(O[C@H]2CC[C@H](c3cccc(C(F)(F)F)c3)C[C@@H]2N(C)C)ccc1S(=O)(=O)Nc1ccncn1. The fraction of sp³-hybridized carbons (Fsp3) is 0.423. The van der Waals surface area contributed by atoms with Gasteiger partial charge in [0.15, 0.2) is 0 Å². The molecule has 0 unspecified atom stereocenters. The van der Waals surface area contributed by atoms with Crippen molar-refractivity contribution in [1.29, 1.82) is 0 Å². The summed E-state index contributed by atoms with van der Waals surface area (Å²) in [5.74, 6) is 0.412. The number of aryl methyl sites for hydroxylation is 1. The molecule has 1 N–H and O–H groups in total. The lowest BCUT2D eigenvalue weighted by molar-refractivity contribution is -0.137. The van der Waals surface area contributed by atoms with Gasteiger partial charge in [-0.15, -0.1) is 0 Å². The standard InChI is InChI=1S/C26H30F3N5O3S/c1-4-20-23(38(35,36)33-24-12-13-30-16-31-24)10-11-25(32-20)37-22-9-8-18(15-21(22)34(2)3)17-6-5-7-19(14-17)26(27,28)29/h5-7,10-14,16,18,21-22H,4,8-9,15H2,1-3H3,(H,30,31,33)/t18-,21-,22-/m0/s1. The highest BCUT2D eigenvalue weighted by atomic mass is 32.2. The van der Waals surface area contributed by atoms with Gasteiger partial charge in [-0.25, -0.2) is 23.4 Å². The van der Waals surface area contributed by atoms with Crippen molar-refractivity contribution in [3.63, 3.8) is 0 Å². The van der Waals surface area contributed by atoms with Crippen molar-refractivity contribution < 1.29 is 26.3 Å². The molecular formula is C26H30F3N5O3S. The minimum absolute atomic E-state index is 0.0309. The Morgan fingerprint density at radius 1 is 1.13 bits per heavy atom. The number of halogens is 3. The van der Waals surface area contributed by atoms with Crippen LogP contribution in [0.4, 0.5) is 19.0 Å². The van der Waals surface area contributed by atoms with Crippen LogP contribution in [0.15, 0.2) is 59.9 Å². The maximum Gasteiger partial charge on any atom is 0.416 e. The van der Waals surface area contributed by atoms with Crippen LogP contribution in [0.2, 0.25) is 0 Å². The molecule has 204 valence electrons. The van der Waals surface area contributed by atoms with Crippen LogP contribution in [0, 0.1) is 0 Å². The second-order valence-corrected chi connectivity index (χ2v) is 11.1. The molecule has 38 heavy (non-hydrogen) atoms. The van der Waals surface area contributed by atoms with E-state index < -0.39 is 21.8 Å². The smallest absolute Gasteiger partial charge is 0.416 e. The van der Waals surface area contributed by atoms with Gasteiger partial charge in [0.25, 0.3) is 10.0 Å². The Hall–Kier alpha value is -3.25.